The van der Waals surface area contributed by atoms with Crippen molar-refractivity contribution in [1.29, 1.82) is 0 Å². The second kappa shape index (κ2) is 3.76. The lowest BCUT2D eigenvalue weighted by Gasteiger charge is -1.97. The molecule has 0 aromatic heterocycles. The Morgan fingerprint density at radius 2 is 2.25 bits per heavy atom. The summed E-state index contributed by atoms with van der Waals surface area (Å²) in [7, 11) is 0. The van der Waals surface area contributed by atoms with Gasteiger partial charge in [-0.2, -0.15) is 0 Å². The Morgan fingerprint density at radius 3 is 2.92 bits per heavy atom. The van der Waals surface area contributed by atoms with Gasteiger partial charge in [0, 0.05) is 0 Å². The van der Waals surface area contributed by atoms with Gasteiger partial charge in [-0.05, 0) is 31.3 Å². The molecule has 0 heterocycles. The van der Waals surface area contributed by atoms with Crippen molar-refractivity contribution in [3.05, 3.63) is 29.6 Å². The first-order valence-corrected chi connectivity index (χ1v) is 3.48. The van der Waals surface area contributed by atoms with E-state index < -0.39 is 0 Å². The summed E-state index contributed by atoms with van der Waals surface area (Å²) in [6.45, 7) is 5.09. The molecular formula is C9H9FN2. The molecule has 2 nitrogen and oxygen atoms in total. The molecule has 1 rings (SSSR count). The van der Waals surface area contributed by atoms with Gasteiger partial charge in [0.1, 0.15) is 12.2 Å². The highest BCUT2D eigenvalue weighted by Crippen LogP contribution is 2.18. The summed E-state index contributed by atoms with van der Waals surface area (Å²) < 4.78 is 12.7. The van der Waals surface area contributed by atoms with E-state index in [0.29, 0.717) is 5.69 Å². The maximum absolute atomic E-state index is 12.7. The Bertz CT molecular complexity index is 318. The molecule has 0 fully saturated rings. The van der Waals surface area contributed by atoms with E-state index in [1.165, 1.54) is 18.5 Å². The Morgan fingerprint density at radius 1 is 1.50 bits per heavy atom. The van der Waals surface area contributed by atoms with Crippen molar-refractivity contribution in [2.45, 2.75) is 6.92 Å². The van der Waals surface area contributed by atoms with Gasteiger partial charge in [0.15, 0.2) is 0 Å². The minimum Gasteiger partial charge on any atom is -0.253 e. The quantitative estimate of drug-likeness (QED) is 0.474. The first kappa shape index (κ1) is 8.59. The van der Waals surface area contributed by atoms with Crippen molar-refractivity contribution in [2.75, 3.05) is 0 Å². The zero-order valence-electron chi connectivity index (χ0n) is 6.79. The zero-order valence-corrected chi connectivity index (χ0v) is 6.79. The summed E-state index contributed by atoms with van der Waals surface area (Å²) >= 11 is 0. The molecule has 0 saturated carbocycles. The molecule has 0 N–H and O–H groups in total. The van der Waals surface area contributed by atoms with E-state index in [4.69, 9.17) is 0 Å². The molecule has 62 valence electrons. The lowest BCUT2D eigenvalue weighted by atomic mass is 10.2. The summed E-state index contributed by atoms with van der Waals surface area (Å²) in [5.41, 5.74) is 1.50. The predicted molar refractivity (Wildman–Crippen MR) is 48.8 cm³/mol. The van der Waals surface area contributed by atoms with Crippen LogP contribution in [-0.4, -0.2) is 13.1 Å². The molecule has 12 heavy (non-hydrogen) atoms. The first-order chi connectivity index (χ1) is 5.74. The highest BCUT2D eigenvalue weighted by molar-refractivity contribution is 5.67. The molecule has 1 aromatic carbocycles. The van der Waals surface area contributed by atoms with Crippen molar-refractivity contribution in [3.8, 4) is 0 Å². The molecule has 0 spiro atoms. The highest BCUT2D eigenvalue weighted by Gasteiger charge is 1.96. The molecule has 0 aliphatic heterocycles. The largest absolute Gasteiger partial charge is 0.253 e. The van der Waals surface area contributed by atoms with Gasteiger partial charge in [0.25, 0.3) is 0 Å². The topological polar surface area (TPSA) is 24.7 Å². The molecule has 0 bridgehead atoms. The third kappa shape index (κ3) is 1.99. The van der Waals surface area contributed by atoms with Crippen LogP contribution in [0, 0.1) is 12.7 Å². The lowest BCUT2D eigenvalue weighted by Crippen LogP contribution is -1.77. The zero-order chi connectivity index (χ0) is 8.97. The van der Waals surface area contributed by atoms with E-state index in [1.54, 1.807) is 6.07 Å². The molecule has 3 heteroatoms. The van der Waals surface area contributed by atoms with E-state index in [-0.39, 0.29) is 5.82 Å². The predicted octanol–water partition coefficient (Wildman–Crippen LogP) is 2.49. The van der Waals surface area contributed by atoms with Crippen LogP contribution in [-0.2, 0) is 0 Å². The van der Waals surface area contributed by atoms with Gasteiger partial charge >= 0.3 is 0 Å². The van der Waals surface area contributed by atoms with Gasteiger partial charge in [-0.25, -0.2) is 9.38 Å². The Labute approximate surface area is 70.5 Å². The normalized spacial score (nSPS) is 10.5. The van der Waals surface area contributed by atoms with Crippen LogP contribution in [0.2, 0.25) is 0 Å². The van der Waals surface area contributed by atoms with Gasteiger partial charge in [-0.3, -0.25) is 4.99 Å². The van der Waals surface area contributed by atoms with Crippen LogP contribution >= 0.6 is 0 Å². The lowest BCUT2D eigenvalue weighted by molar-refractivity contribution is 0.628. The second-order valence-corrected chi connectivity index (χ2v) is 2.36. The third-order valence-corrected chi connectivity index (χ3v) is 1.45. The standard InChI is InChI=1S/C9H9FN2/c1-7-3-4-8(10)5-9(7)12-6-11-2/h3-6H,2H2,1H3/b12-6-. The average molecular weight is 164 g/mol. The Balaban J connectivity index is 3.04. The van der Waals surface area contributed by atoms with Gasteiger partial charge < -0.3 is 0 Å². The molecule has 0 radical (unpaired) electrons. The number of nitrogens with zero attached hydrogens (tertiary/aromatic N) is 2. The van der Waals surface area contributed by atoms with Crippen LogP contribution in [0.5, 0.6) is 0 Å². The average Bonchev–Trinajstić information content (AvgIpc) is 2.07. The van der Waals surface area contributed by atoms with Gasteiger partial charge in [0.2, 0.25) is 0 Å². The van der Waals surface area contributed by atoms with Gasteiger partial charge in [0.05, 0.1) is 5.69 Å². The molecule has 1 aromatic rings. The maximum Gasteiger partial charge on any atom is 0.125 e. The number of benzene rings is 1. The maximum atomic E-state index is 12.7. The van der Waals surface area contributed by atoms with Crippen LogP contribution in [0.3, 0.4) is 0 Å². The number of halogens is 1. The van der Waals surface area contributed by atoms with Crippen LogP contribution in [0.25, 0.3) is 0 Å². The third-order valence-electron chi connectivity index (χ3n) is 1.45. The summed E-state index contributed by atoms with van der Waals surface area (Å²) in [6, 6.07) is 4.43. The molecular weight excluding hydrogens is 155 g/mol. The monoisotopic (exact) mass is 164 g/mol. The number of rotatable bonds is 2. The molecule has 0 aliphatic rings. The van der Waals surface area contributed by atoms with Crippen LogP contribution in [0.15, 0.2) is 28.2 Å². The highest BCUT2D eigenvalue weighted by atomic mass is 19.1. The van der Waals surface area contributed by atoms with Crippen molar-refractivity contribution in [2.24, 2.45) is 9.98 Å². The van der Waals surface area contributed by atoms with Crippen molar-refractivity contribution in [1.82, 2.24) is 0 Å². The number of aliphatic imine (C=N–C) groups is 2. The number of hydrogen-bond donors (Lipinski definition) is 0. The van der Waals surface area contributed by atoms with Gasteiger partial charge in [-0.15, -0.1) is 0 Å². The fourth-order valence-corrected chi connectivity index (χ4v) is 0.825. The fraction of sp³-hybridized carbons (Fsp3) is 0.111. The molecule has 0 amide bonds. The minimum atomic E-state index is -0.295. The molecule has 0 saturated heterocycles. The van der Waals surface area contributed by atoms with Crippen LogP contribution in [0.4, 0.5) is 10.1 Å². The molecule has 0 unspecified atom stereocenters. The first-order valence-electron chi connectivity index (χ1n) is 3.48. The van der Waals surface area contributed by atoms with E-state index in [9.17, 15) is 4.39 Å². The fourth-order valence-electron chi connectivity index (χ4n) is 0.825. The Kier molecular flexibility index (Phi) is 2.69. The van der Waals surface area contributed by atoms with Crippen LogP contribution < -0.4 is 0 Å². The Hall–Kier alpha value is -1.51. The van der Waals surface area contributed by atoms with Crippen molar-refractivity contribution in [3.63, 3.8) is 0 Å². The van der Waals surface area contributed by atoms with Gasteiger partial charge in [-0.1, -0.05) is 6.07 Å². The minimum absolute atomic E-state index is 0.295. The van der Waals surface area contributed by atoms with Crippen molar-refractivity contribution >= 4 is 18.7 Å². The smallest absolute Gasteiger partial charge is 0.125 e. The SMILES string of the molecule is C=N/C=N\c1cc(F)ccc1C. The molecule has 0 aliphatic carbocycles. The summed E-state index contributed by atoms with van der Waals surface area (Å²) in [5.74, 6) is -0.295. The summed E-state index contributed by atoms with van der Waals surface area (Å²) in [4.78, 5) is 7.33. The number of hydrogen-bond acceptors (Lipinski definition) is 1. The van der Waals surface area contributed by atoms with Crippen molar-refractivity contribution < 1.29 is 4.39 Å². The summed E-state index contributed by atoms with van der Waals surface area (Å²) in [6.07, 6.45) is 1.29. The van der Waals surface area contributed by atoms with E-state index in [0.717, 1.165) is 5.56 Å². The van der Waals surface area contributed by atoms with E-state index >= 15 is 0 Å². The number of aryl methyl sites for hydroxylation is 1. The van der Waals surface area contributed by atoms with E-state index in [1.807, 2.05) is 6.92 Å². The molecule has 0 atom stereocenters. The van der Waals surface area contributed by atoms with Crippen LogP contribution in [0.1, 0.15) is 5.56 Å². The second-order valence-electron chi connectivity index (χ2n) is 2.36. The summed E-state index contributed by atoms with van der Waals surface area (Å²) in [5, 5.41) is 0. The van der Waals surface area contributed by atoms with E-state index in [2.05, 4.69) is 16.7 Å².